The second-order valence-corrected chi connectivity index (χ2v) is 8.10. The number of aliphatic imine (C=N–C) groups is 1. The van der Waals surface area contributed by atoms with Crippen molar-refractivity contribution in [3.05, 3.63) is 59.7 Å². The van der Waals surface area contributed by atoms with Gasteiger partial charge in [-0.05, 0) is 13.0 Å². The molecule has 3 heterocycles. The average Bonchev–Trinajstić information content (AvgIpc) is 2.80. The van der Waals surface area contributed by atoms with Crippen molar-refractivity contribution in [3.8, 4) is 11.6 Å². The van der Waals surface area contributed by atoms with Gasteiger partial charge in [0.15, 0.2) is 5.82 Å². The number of aryl methyl sites for hydroxylation is 1. The fourth-order valence-corrected chi connectivity index (χ4v) is 3.43. The molecular formula is C23H29ClFN7O2. The second kappa shape index (κ2) is 11.8. The van der Waals surface area contributed by atoms with E-state index < -0.39 is 11.9 Å². The Kier molecular flexibility index (Phi) is 8.78. The van der Waals surface area contributed by atoms with Gasteiger partial charge in [-0.15, -0.1) is 12.4 Å². The number of hydrogen-bond donors (Lipinski definition) is 3. The Balaban J connectivity index is 0.00000324. The summed E-state index contributed by atoms with van der Waals surface area (Å²) >= 11 is 0. The summed E-state index contributed by atoms with van der Waals surface area (Å²) < 4.78 is 26.0. The smallest absolute Gasteiger partial charge is 0.251 e. The third kappa shape index (κ3) is 6.64. The molecule has 1 aliphatic heterocycles. The predicted octanol–water partition coefficient (Wildman–Crippen LogP) is 3.15. The lowest BCUT2D eigenvalue weighted by molar-refractivity contribution is 0.220. The number of halogens is 2. The molecule has 2 unspecified atom stereocenters. The van der Waals surface area contributed by atoms with Crippen LogP contribution in [0.25, 0.3) is 0 Å². The monoisotopic (exact) mass is 489 g/mol. The van der Waals surface area contributed by atoms with Crippen LogP contribution in [0.3, 0.4) is 0 Å². The Bertz CT molecular complexity index is 1060. The van der Waals surface area contributed by atoms with Gasteiger partial charge in [0, 0.05) is 30.6 Å². The van der Waals surface area contributed by atoms with Gasteiger partial charge in [-0.2, -0.15) is 0 Å². The maximum absolute atomic E-state index is 14.6. The van der Waals surface area contributed by atoms with Gasteiger partial charge in [0.05, 0.1) is 36.7 Å². The van der Waals surface area contributed by atoms with E-state index in [1.54, 1.807) is 18.7 Å². The van der Waals surface area contributed by atoms with Crippen LogP contribution in [0.2, 0.25) is 0 Å². The first-order valence-corrected chi connectivity index (χ1v) is 10.9. The Morgan fingerprint density at radius 3 is 2.76 bits per heavy atom. The minimum absolute atomic E-state index is 0. The van der Waals surface area contributed by atoms with Gasteiger partial charge >= 0.3 is 0 Å². The molecule has 0 saturated carbocycles. The zero-order valence-electron chi connectivity index (χ0n) is 19.3. The normalized spacial score (nSPS) is 18.7. The average molecular weight is 490 g/mol. The van der Waals surface area contributed by atoms with Gasteiger partial charge in [-0.3, -0.25) is 9.98 Å². The van der Waals surface area contributed by atoms with Crippen LogP contribution < -0.4 is 25.4 Å². The number of hydrogen-bond acceptors (Lipinski definition) is 9. The van der Waals surface area contributed by atoms with Crippen LogP contribution >= 0.6 is 12.4 Å². The van der Waals surface area contributed by atoms with Crippen LogP contribution in [-0.4, -0.2) is 52.6 Å². The SMILES string of the molecule is Cc1cnc(NC2=C3CC(Oc4ncc(OCCNC(C)C)cc4F)C=CC3N=CN2)cn1.Cl. The Morgan fingerprint density at radius 1 is 1.18 bits per heavy atom. The maximum Gasteiger partial charge on any atom is 0.251 e. The van der Waals surface area contributed by atoms with Crippen molar-refractivity contribution in [1.82, 2.24) is 25.6 Å². The van der Waals surface area contributed by atoms with Crippen molar-refractivity contribution in [2.75, 3.05) is 18.5 Å². The molecular weight excluding hydrogens is 461 g/mol. The Morgan fingerprint density at radius 2 is 2.03 bits per heavy atom. The molecule has 182 valence electrons. The molecule has 4 rings (SSSR count). The van der Waals surface area contributed by atoms with Crippen molar-refractivity contribution in [2.45, 2.75) is 45.4 Å². The first-order valence-electron chi connectivity index (χ1n) is 10.9. The molecule has 0 radical (unpaired) electrons. The van der Waals surface area contributed by atoms with Gasteiger partial charge in [-0.1, -0.05) is 19.9 Å². The number of anilines is 1. The predicted molar refractivity (Wildman–Crippen MR) is 131 cm³/mol. The first kappa shape index (κ1) is 25.4. The first-order chi connectivity index (χ1) is 16.0. The molecule has 0 aromatic carbocycles. The summed E-state index contributed by atoms with van der Waals surface area (Å²) in [5, 5.41) is 9.61. The third-order valence-electron chi connectivity index (χ3n) is 5.05. The van der Waals surface area contributed by atoms with Crippen molar-refractivity contribution in [2.24, 2.45) is 4.99 Å². The van der Waals surface area contributed by atoms with Crippen LogP contribution in [0, 0.1) is 12.7 Å². The molecule has 11 heteroatoms. The van der Waals surface area contributed by atoms with Crippen molar-refractivity contribution >= 4 is 24.6 Å². The summed E-state index contributed by atoms with van der Waals surface area (Å²) in [7, 11) is 0. The van der Waals surface area contributed by atoms with Gasteiger partial charge in [0.1, 0.15) is 30.1 Å². The zero-order chi connectivity index (χ0) is 23.2. The summed E-state index contributed by atoms with van der Waals surface area (Å²) in [6, 6.07) is 1.53. The molecule has 2 aliphatic rings. The molecule has 1 aliphatic carbocycles. The lowest BCUT2D eigenvalue weighted by atomic mass is 9.93. The fourth-order valence-electron chi connectivity index (χ4n) is 3.43. The van der Waals surface area contributed by atoms with E-state index in [0.29, 0.717) is 37.2 Å². The summed E-state index contributed by atoms with van der Waals surface area (Å²) in [6.07, 6.45) is 10.4. The van der Waals surface area contributed by atoms with Crippen LogP contribution in [0.1, 0.15) is 26.0 Å². The van der Waals surface area contributed by atoms with Crippen molar-refractivity contribution in [1.29, 1.82) is 0 Å². The van der Waals surface area contributed by atoms with E-state index >= 15 is 0 Å². The second-order valence-electron chi connectivity index (χ2n) is 8.10. The van der Waals surface area contributed by atoms with Crippen molar-refractivity contribution < 1.29 is 13.9 Å². The summed E-state index contributed by atoms with van der Waals surface area (Å²) in [5.41, 5.74) is 1.81. The summed E-state index contributed by atoms with van der Waals surface area (Å²) in [4.78, 5) is 17.2. The standard InChI is InChI=1S/C23H28FN7O2.ClH/c1-14(2)25-6-7-32-17-9-19(24)23(28-11-17)33-16-4-5-20-18(8-16)22(30-13-29-20)31-21-12-26-15(3)10-27-21;/h4-5,9-14,16,20,25H,6-8H2,1-3H3,(H,27,31)(H,29,30);1H. The number of nitrogens with zero attached hydrogens (tertiary/aromatic N) is 4. The largest absolute Gasteiger partial charge is 0.491 e. The molecule has 0 spiro atoms. The lowest BCUT2D eigenvalue weighted by Crippen LogP contribution is -2.34. The summed E-state index contributed by atoms with van der Waals surface area (Å²) in [6.45, 7) is 7.08. The highest BCUT2D eigenvalue weighted by Gasteiger charge is 2.27. The Hall–Kier alpha value is -3.24. The molecule has 2 aromatic rings. The van der Waals surface area contributed by atoms with E-state index in [0.717, 1.165) is 17.1 Å². The van der Waals surface area contributed by atoms with Gasteiger partial charge < -0.3 is 25.4 Å². The van der Waals surface area contributed by atoms with Crippen LogP contribution in [0.4, 0.5) is 10.2 Å². The zero-order valence-corrected chi connectivity index (χ0v) is 20.1. The van der Waals surface area contributed by atoms with E-state index in [-0.39, 0.29) is 24.3 Å². The molecule has 0 amide bonds. The minimum atomic E-state index is -0.568. The molecule has 0 bridgehead atoms. The number of nitrogens with one attached hydrogen (secondary N) is 3. The number of rotatable bonds is 9. The number of ether oxygens (including phenoxy) is 2. The maximum atomic E-state index is 14.6. The molecule has 0 fully saturated rings. The van der Waals surface area contributed by atoms with Crippen LogP contribution in [0.5, 0.6) is 11.6 Å². The number of pyridine rings is 1. The van der Waals surface area contributed by atoms with E-state index in [4.69, 9.17) is 9.47 Å². The third-order valence-corrected chi connectivity index (χ3v) is 5.05. The Labute approximate surface area is 204 Å². The topological polar surface area (TPSA) is 106 Å². The lowest BCUT2D eigenvalue weighted by Gasteiger charge is -2.29. The minimum Gasteiger partial charge on any atom is -0.491 e. The molecule has 2 aromatic heterocycles. The molecule has 2 atom stereocenters. The van der Waals surface area contributed by atoms with E-state index in [1.807, 2.05) is 19.1 Å². The highest BCUT2D eigenvalue weighted by Crippen LogP contribution is 2.29. The summed E-state index contributed by atoms with van der Waals surface area (Å²) in [5.74, 6) is 1.11. The fraction of sp³-hybridized carbons (Fsp3) is 0.391. The van der Waals surface area contributed by atoms with E-state index in [9.17, 15) is 4.39 Å². The quantitative estimate of drug-likeness (QED) is 0.364. The van der Waals surface area contributed by atoms with E-state index in [1.165, 1.54) is 12.3 Å². The van der Waals surface area contributed by atoms with Gasteiger partial charge in [-0.25, -0.2) is 14.4 Å². The molecule has 3 N–H and O–H groups in total. The van der Waals surface area contributed by atoms with Crippen molar-refractivity contribution in [3.63, 3.8) is 0 Å². The van der Waals surface area contributed by atoms with Crippen LogP contribution in [0.15, 0.2) is 53.2 Å². The van der Waals surface area contributed by atoms with Gasteiger partial charge in [0.25, 0.3) is 5.88 Å². The number of aromatic nitrogens is 3. The highest BCUT2D eigenvalue weighted by molar-refractivity contribution is 5.85. The van der Waals surface area contributed by atoms with E-state index in [2.05, 4.69) is 49.7 Å². The molecule has 0 saturated heterocycles. The van der Waals surface area contributed by atoms with Gasteiger partial charge in [0.2, 0.25) is 0 Å². The molecule has 34 heavy (non-hydrogen) atoms. The molecule has 9 nitrogen and oxygen atoms in total. The highest BCUT2D eigenvalue weighted by atomic mass is 35.5. The van der Waals surface area contributed by atoms with Crippen LogP contribution in [-0.2, 0) is 0 Å². The number of fused-ring (bicyclic) bond motifs is 1.